The molecule has 2 N–H and O–H groups in total. The summed E-state index contributed by atoms with van der Waals surface area (Å²) in [5, 5.41) is 7.38. The maximum absolute atomic E-state index is 6.45. The smallest absolute Gasteiger partial charge is 0.259 e. The van der Waals surface area contributed by atoms with Gasteiger partial charge in [-0.25, -0.2) is 4.98 Å². The first-order valence-electron chi connectivity index (χ1n) is 8.40. The van der Waals surface area contributed by atoms with Crippen molar-refractivity contribution in [2.24, 2.45) is 5.73 Å². The molecule has 138 valence electrons. The molecule has 0 spiro atoms. The molecular weight excluding hydrogens is 388 g/mol. The van der Waals surface area contributed by atoms with Crippen LogP contribution in [0.1, 0.15) is 42.2 Å². The van der Waals surface area contributed by atoms with Crippen LogP contribution in [-0.4, -0.2) is 15.1 Å². The number of thioether (sulfide) groups is 1. The van der Waals surface area contributed by atoms with Crippen molar-refractivity contribution in [2.75, 3.05) is 0 Å². The van der Waals surface area contributed by atoms with Crippen LogP contribution in [0.25, 0.3) is 11.5 Å². The topological polar surface area (TPSA) is 77.8 Å². The number of benzene rings is 1. The van der Waals surface area contributed by atoms with E-state index < -0.39 is 5.54 Å². The minimum Gasteiger partial charge on any atom is -0.334 e. The first-order chi connectivity index (χ1) is 12.1. The normalized spacial score (nSPS) is 15.8. The first kappa shape index (κ1) is 19.4. The van der Waals surface area contributed by atoms with E-state index in [0.29, 0.717) is 11.7 Å². The number of hydrogen-bond acceptors (Lipinski definition) is 7. The molecule has 1 saturated carbocycles. The molecule has 2 aromatic heterocycles. The van der Waals surface area contributed by atoms with Gasteiger partial charge in [0.25, 0.3) is 5.89 Å². The fourth-order valence-electron chi connectivity index (χ4n) is 3.16. The molecule has 1 aliphatic rings. The maximum Gasteiger partial charge on any atom is 0.259 e. The van der Waals surface area contributed by atoms with Crippen molar-refractivity contribution >= 4 is 35.5 Å². The largest absolute Gasteiger partial charge is 0.334 e. The molecule has 26 heavy (non-hydrogen) atoms. The minimum absolute atomic E-state index is 0. The number of nitrogens with zero attached hydrogens (tertiary/aromatic N) is 3. The van der Waals surface area contributed by atoms with E-state index in [1.807, 2.05) is 25.1 Å². The summed E-state index contributed by atoms with van der Waals surface area (Å²) < 4.78 is 5.56. The van der Waals surface area contributed by atoms with Crippen molar-refractivity contribution in [2.45, 2.75) is 48.8 Å². The summed E-state index contributed by atoms with van der Waals surface area (Å²) in [6.07, 6.45) is 4.09. The van der Waals surface area contributed by atoms with Crippen molar-refractivity contribution in [1.82, 2.24) is 15.1 Å². The predicted molar refractivity (Wildman–Crippen MR) is 108 cm³/mol. The monoisotopic (exact) mass is 408 g/mol. The number of aryl methyl sites for hydroxylation is 1. The highest BCUT2D eigenvalue weighted by Crippen LogP contribution is 2.37. The summed E-state index contributed by atoms with van der Waals surface area (Å²) in [4.78, 5) is 10.3. The molecule has 1 fully saturated rings. The fraction of sp³-hybridized carbons (Fsp3) is 0.389. The van der Waals surface area contributed by atoms with Crippen LogP contribution in [-0.2, 0) is 11.3 Å². The van der Waals surface area contributed by atoms with Gasteiger partial charge >= 0.3 is 0 Å². The molecule has 3 aromatic rings. The Morgan fingerprint density at radius 1 is 1.23 bits per heavy atom. The summed E-state index contributed by atoms with van der Waals surface area (Å²) in [5.41, 5.74) is 8.08. The van der Waals surface area contributed by atoms with Gasteiger partial charge in [0.2, 0.25) is 0 Å². The highest BCUT2D eigenvalue weighted by Gasteiger charge is 2.36. The maximum atomic E-state index is 6.45. The number of aromatic nitrogens is 3. The Morgan fingerprint density at radius 3 is 2.73 bits per heavy atom. The average molecular weight is 409 g/mol. The molecular formula is C18H21ClN4OS2. The van der Waals surface area contributed by atoms with Crippen LogP contribution in [0.4, 0.5) is 0 Å². The van der Waals surface area contributed by atoms with Crippen LogP contribution in [0.3, 0.4) is 0 Å². The van der Waals surface area contributed by atoms with Crippen LogP contribution in [0.5, 0.6) is 0 Å². The van der Waals surface area contributed by atoms with Gasteiger partial charge in [-0.15, -0.1) is 35.5 Å². The summed E-state index contributed by atoms with van der Waals surface area (Å²) in [7, 11) is 0. The number of hydrogen-bond donors (Lipinski definition) is 1. The third kappa shape index (κ3) is 3.96. The first-order valence-corrected chi connectivity index (χ1v) is 10.3. The Labute approximate surface area is 167 Å². The fourth-order valence-corrected chi connectivity index (χ4v) is 4.82. The molecule has 0 atom stereocenters. The molecule has 4 rings (SSSR count). The van der Waals surface area contributed by atoms with Gasteiger partial charge in [-0.1, -0.05) is 30.1 Å². The summed E-state index contributed by atoms with van der Waals surface area (Å²) in [5.74, 6) is 2.00. The van der Waals surface area contributed by atoms with E-state index in [4.69, 9.17) is 10.3 Å². The standard InChI is InChI=1S/C18H20N4OS2.ClH/c1-12-20-13(10-24-12)11-25-15-7-3-2-6-14(15)16-21-17(22-23-16)18(19)8-4-5-9-18;/h2-3,6-7,10H,4-5,8-9,11,19H2,1H3;1H. The van der Waals surface area contributed by atoms with Gasteiger partial charge in [-0.3, -0.25) is 0 Å². The predicted octanol–water partition coefficient (Wildman–Crippen LogP) is 4.94. The Kier molecular flexibility index (Phi) is 6.02. The second kappa shape index (κ2) is 8.08. The van der Waals surface area contributed by atoms with E-state index in [1.165, 1.54) is 0 Å². The number of thiazole rings is 1. The number of halogens is 1. The Hall–Kier alpha value is -1.41. The third-order valence-corrected chi connectivity index (χ3v) is 6.46. The molecule has 0 saturated heterocycles. The molecule has 0 amide bonds. The Bertz CT molecular complexity index is 873. The van der Waals surface area contributed by atoms with Gasteiger partial charge < -0.3 is 10.3 Å². The van der Waals surface area contributed by atoms with Crippen LogP contribution < -0.4 is 5.73 Å². The van der Waals surface area contributed by atoms with Crippen LogP contribution >= 0.6 is 35.5 Å². The van der Waals surface area contributed by atoms with Crippen molar-refractivity contribution < 1.29 is 4.52 Å². The summed E-state index contributed by atoms with van der Waals surface area (Å²) in [6, 6.07) is 8.11. The molecule has 0 radical (unpaired) electrons. The van der Waals surface area contributed by atoms with Crippen molar-refractivity contribution in [1.29, 1.82) is 0 Å². The van der Waals surface area contributed by atoms with Crippen molar-refractivity contribution in [3.05, 3.63) is 46.2 Å². The summed E-state index contributed by atoms with van der Waals surface area (Å²) >= 11 is 3.41. The second-order valence-electron chi connectivity index (χ2n) is 6.43. The lowest BCUT2D eigenvalue weighted by Crippen LogP contribution is -2.34. The van der Waals surface area contributed by atoms with E-state index >= 15 is 0 Å². The van der Waals surface area contributed by atoms with Crippen molar-refractivity contribution in [3.8, 4) is 11.5 Å². The minimum atomic E-state index is -0.429. The average Bonchev–Trinajstić information content (AvgIpc) is 3.35. The molecule has 0 unspecified atom stereocenters. The third-order valence-electron chi connectivity index (χ3n) is 4.53. The molecule has 1 aromatic carbocycles. The lowest BCUT2D eigenvalue weighted by atomic mass is 9.99. The Morgan fingerprint density at radius 2 is 2.00 bits per heavy atom. The zero-order valence-corrected chi connectivity index (χ0v) is 16.9. The van der Waals surface area contributed by atoms with Gasteiger partial charge in [-0.05, 0) is 31.9 Å². The highest BCUT2D eigenvalue weighted by atomic mass is 35.5. The van der Waals surface area contributed by atoms with Crippen LogP contribution in [0, 0.1) is 6.92 Å². The van der Waals surface area contributed by atoms with Crippen molar-refractivity contribution in [3.63, 3.8) is 0 Å². The molecule has 5 nitrogen and oxygen atoms in total. The lowest BCUT2D eigenvalue weighted by molar-refractivity contribution is 0.372. The van der Waals surface area contributed by atoms with Crippen LogP contribution in [0.2, 0.25) is 0 Å². The summed E-state index contributed by atoms with van der Waals surface area (Å²) in [6.45, 7) is 2.03. The van der Waals surface area contributed by atoms with E-state index in [1.54, 1.807) is 23.1 Å². The van der Waals surface area contributed by atoms with Gasteiger partial charge in [0.15, 0.2) is 5.82 Å². The van der Waals surface area contributed by atoms with Crippen LogP contribution in [0.15, 0.2) is 39.1 Å². The highest BCUT2D eigenvalue weighted by molar-refractivity contribution is 7.98. The van der Waals surface area contributed by atoms with E-state index in [0.717, 1.165) is 52.6 Å². The number of nitrogens with two attached hydrogens (primary N) is 1. The quantitative estimate of drug-likeness (QED) is 0.602. The Balaban J connectivity index is 0.00000196. The van der Waals surface area contributed by atoms with Gasteiger partial charge in [-0.2, -0.15) is 4.98 Å². The van der Waals surface area contributed by atoms with E-state index in [2.05, 4.69) is 26.6 Å². The SMILES string of the molecule is Cc1nc(CSc2ccccc2-c2nc(C3(N)CCCC3)no2)cs1.Cl. The second-order valence-corrected chi connectivity index (χ2v) is 8.51. The van der Waals surface area contributed by atoms with Gasteiger partial charge in [0.1, 0.15) is 0 Å². The molecule has 0 aliphatic heterocycles. The van der Waals surface area contributed by atoms with Gasteiger partial charge in [0.05, 0.1) is 21.8 Å². The molecule has 1 aliphatic carbocycles. The number of rotatable bonds is 5. The lowest BCUT2D eigenvalue weighted by Gasteiger charge is -2.17. The van der Waals surface area contributed by atoms with E-state index in [-0.39, 0.29) is 12.4 Å². The molecule has 8 heteroatoms. The zero-order valence-electron chi connectivity index (χ0n) is 14.5. The van der Waals surface area contributed by atoms with Gasteiger partial charge in [0, 0.05) is 16.0 Å². The zero-order chi connectivity index (χ0) is 17.3. The molecule has 0 bridgehead atoms. The molecule has 2 heterocycles. The van der Waals surface area contributed by atoms with E-state index in [9.17, 15) is 0 Å².